The van der Waals surface area contributed by atoms with Gasteiger partial charge in [-0.3, -0.25) is 9.69 Å². The second kappa shape index (κ2) is 7.81. The van der Waals surface area contributed by atoms with Gasteiger partial charge in [0.1, 0.15) is 0 Å². The van der Waals surface area contributed by atoms with Crippen LogP contribution in [0.25, 0.3) is 0 Å². The van der Waals surface area contributed by atoms with Crippen molar-refractivity contribution in [3.05, 3.63) is 35.4 Å². The van der Waals surface area contributed by atoms with Gasteiger partial charge in [-0.15, -0.1) is 0 Å². The molecule has 1 saturated heterocycles. The third-order valence-corrected chi connectivity index (χ3v) is 4.11. The van der Waals surface area contributed by atoms with E-state index in [-0.39, 0.29) is 11.8 Å². The Balaban J connectivity index is 1.91. The molecule has 0 aromatic heterocycles. The maximum absolute atomic E-state index is 12.6. The monoisotopic (exact) mass is 328 g/mol. The SMILES string of the molecule is CCCNC(=O)[C@@H]1CCCN(Cc2ccc(C(F)(F)F)cc2)C1. The summed E-state index contributed by atoms with van der Waals surface area (Å²) in [6.07, 6.45) is -1.58. The second-order valence-electron chi connectivity index (χ2n) is 6.06. The second-order valence-corrected chi connectivity index (χ2v) is 6.06. The fraction of sp³-hybridized carbons (Fsp3) is 0.588. The van der Waals surface area contributed by atoms with Gasteiger partial charge in [-0.1, -0.05) is 19.1 Å². The maximum Gasteiger partial charge on any atom is 0.416 e. The lowest BCUT2D eigenvalue weighted by atomic mass is 9.96. The molecule has 1 aromatic carbocycles. The first-order valence-electron chi connectivity index (χ1n) is 8.06. The molecule has 1 heterocycles. The van der Waals surface area contributed by atoms with E-state index in [2.05, 4.69) is 10.2 Å². The van der Waals surface area contributed by atoms with E-state index in [1.54, 1.807) is 0 Å². The Kier molecular flexibility index (Phi) is 6.04. The third-order valence-electron chi connectivity index (χ3n) is 4.11. The van der Waals surface area contributed by atoms with Crippen LogP contribution in [-0.4, -0.2) is 30.4 Å². The maximum atomic E-state index is 12.6. The van der Waals surface area contributed by atoms with Crippen LogP contribution in [0.4, 0.5) is 13.2 Å². The number of halogens is 3. The number of rotatable bonds is 5. The number of hydrogen-bond donors (Lipinski definition) is 1. The van der Waals surface area contributed by atoms with E-state index in [0.717, 1.165) is 43.5 Å². The van der Waals surface area contributed by atoms with E-state index in [1.165, 1.54) is 12.1 Å². The number of carbonyl (C=O) groups is 1. The van der Waals surface area contributed by atoms with Gasteiger partial charge in [-0.25, -0.2) is 0 Å². The molecule has 1 aliphatic rings. The Morgan fingerprint density at radius 3 is 2.61 bits per heavy atom. The summed E-state index contributed by atoms with van der Waals surface area (Å²) in [5, 5.41) is 2.92. The van der Waals surface area contributed by atoms with Gasteiger partial charge in [0.2, 0.25) is 5.91 Å². The van der Waals surface area contributed by atoms with Gasteiger partial charge in [0.25, 0.3) is 0 Å². The summed E-state index contributed by atoms with van der Waals surface area (Å²) >= 11 is 0. The molecule has 128 valence electrons. The van der Waals surface area contributed by atoms with Crippen LogP contribution in [0.5, 0.6) is 0 Å². The standard InChI is InChI=1S/C17H23F3N2O/c1-2-9-21-16(23)14-4-3-10-22(12-14)11-13-5-7-15(8-6-13)17(18,19)20/h5-8,14H,2-4,9-12H2,1H3,(H,21,23)/t14-/m1/s1. The Bertz CT molecular complexity index is 514. The van der Waals surface area contributed by atoms with E-state index in [0.29, 0.717) is 19.6 Å². The van der Waals surface area contributed by atoms with Crippen LogP contribution >= 0.6 is 0 Å². The summed E-state index contributed by atoms with van der Waals surface area (Å²) in [5.41, 5.74) is 0.212. The predicted molar refractivity (Wildman–Crippen MR) is 82.7 cm³/mol. The molecule has 1 amide bonds. The zero-order valence-corrected chi connectivity index (χ0v) is 13.3. The number of likely N-dealkylation sites (tertiary alicyclic amines) is 1. The van der Waals surface area contributed by atoms with Gasteiger partial charge >= 0.3 is 6.18 Å². The van der Waals surface area contributed by atoms with E-state index < -0.39 is 11.7 Å². The minimum absolute atomic E-state index is 0.0234. The highest BCUT2D eigenvalue weighted by atomic mass is 19.4. The summed E-state index contributed by atoms with van der Waals surface area (Å²) in [6, 6.07) is 5.27. The van der Waals surface area contributed by atoms with Crippen molar-refractivity contribution < 1.29 is 18.0 Å². The smallest absolute Gasteiger partial charge is 0.356 e. The Morgan fingerprint density at radius 2 is 2.00 bits per heavy atom. The molecule has 0 aliphatic carbocycles. The summed E-state index contributed by atoms with van der Waals surface area (Å²) in [4.78, 5) is 14.2. The first-order chi connectivity index (χ1) is 10.9. The van der Waals surface area contributed by atoms with Crippen molar-refractivity contribution in [2.45, 2.75) is 38.9 Å². The van der Waals surface area contributed by atoms with Gasteiger partial charge in [-0.05, 0) is 43.5 Å². The van der Waals surface area contributed by atoms with Crippen molar-refractivity contribution >= 4 is 5.91 Å². The minimum Gasteiger partial charge on any atom is -0.356 e. The molecule has 1 aromatic rings. The van der Waals surface area contributed by atoms with Crippen molar-refractivity contribution in [1.29, 1.82) is 0 Å². The highest BCUT2D eigenvalue weighted by Crippen LogP contribution is 2.29. The molecule has 3 nitrogen and oxygen atoms in total. The molecule has 0 bridgehead atoms. The number of hydrogen-bond acceptors (Lipinski definition) is 2. The molecule has 0 spiro atoms. The van der Waals surface area contributed by atoms with Crippen LogP contribution in [0.15, 0.2) is 24.3 Å². The first-order valence-corrected chi connectivity index (χ1v) is 8.06. The normalized spacial score (nSPS) is 19.6. The number of nitrogens with zero attached hydrogens (tertiary/aromatic N) is 1. The predicted octanol–water partition coefficient (Wildman–Crippen LogP) is 3.44. The summed E-state index contributed by atoms with van der Waals surface area (Å²) in [6.45, 7) is 4.82. The summed E-state index contributed by atoms with van der Waals surface area (Å²) in [7, 11) is 0. The number of benzene rings is 1. The molecule has 1 N–H and O–H groups in total. The fourth-order valence-corrected chi connectivity index (χ4v) is 2.86. The van der Waals surface area contributed by atoms with Crippen molar-refractivity contribution in [2.75, 3.05) is 19.6 Å². The quantitative estimate of drug-likeness (QED) is 0.898. The van der Waals surface area contributed by atoms with Crippen LogP contribution < -0.4 is 5.32 Å². The van der Waals surface area contributed by atoms with Crippen molar-refractivity contribution in [2.24, 2.45) is 5.92 Å². The molecular formula is C17H23F3N2O. The van der Waals surface area contributed by atoms with Gasteiger partial charge < -0.3 is 5.32 Å². The number of nitrogens with one attached hydrogen (secondary N) is 1. The molecule has 0 unspecified atom stereocenters. The minimum atomic E-state index is -4.30. The zero-order valence-electron chi connectivity index (χ0n) is 13.3. The average Bonchev–Trinajstić information content (AvgIpc) is 2.52. The Hall–Kier alpha value is -1.56. The average molecular weight is 328 g/mol. The molecule has 23 heavy (non-hydrogen) atoms. The van der Waals surface area contributed by atoms with Crippen LogP contribution in [0, 0.1) is 5.92 Å². The van der Waals surface area contributed by atoms with Crippen molar-refractivity contribution in [1.82, 2.24) is 10.2 Å². The number of piperidine rings is 1. The van der Waals surface area contributed by atoms with E-state index in [1.807, 2.05) is 6.92 Å². The molecule has 1 aliphatic heterocycles. The van der Waals surface area contributed by atoms with Gasteiger partial charge in [0.15, 0.2) is 0 Å². The lowest BCUT2D eigenvalue weighted by molar-refractivity contribution is -0.137. The molecule has 0 saturated carbocycles. The largest absolute Gasteiger partial charge is 0.416 e. The van der Waals surface area contributed by atoms with Crippen LogP contribution in [0.3, 0.4) is 0 Å². The molecule has 0 radical (unpaired) electrons. The molecule has 6 heteroatoms. The molecule has 1 atom stereocenters. The first kappa shape index (κ1) is 17.8. The Morgan fingerprint density at radius 1 is 1.30 bits per heavy atom. The van der Waals surface area contributed by atoms with Crippen LogP contribution in [0.2, 0.25) is 0 Å². The van der Waals surface area contributed by atoms with Crippen LogP contribution in [-0.2, 0) is 17.5 Å². The summed E-state index contributed by atoms with van der Waals surface area (Å²) < 4.78 is 37.7. The van der Waals surface area contributed by atoms with E-state index >= 15 is 0 Å². The number of amides is 1. The van der Waals surface area contributed by atoms with Crippen molar-refractivity contribution in [3.63, 3.8) is 0 Å². The molecular weight excluding hydrogens is 305 g/mol. The van der Waals surface area contributed by atoms with Crippen LogP contribution in [0.1, 0.15) is 37.3 Å². The number of carbonyl (C=O) groups excluding carboxylic acids is 1. The lowest BCUT2D eigenvalue weighted by Gasteiger charge is -2.32. The van der Waals surface area contributed by atoms with Gasteiger partial charge in [-0.2, -0.15) is 13.2 Å². The third kappa shape index (κ3) is 5.23. The van der Waals surface area contributed by atoms with E-state index in [9.17, 15) is 18.0 Å². The molecule has 2 rings (SSSR count). The summed E-state index contributed by atoms with van der Waals surface area (Å²) in [5.74, 6) is 0.0636. The Labute approximate surface area is 134 Å². The number of alkyl halides is 3. The highest BCUT2D eigenvalue weighted by Gasteiger charge is 2.30. The highest BCUT2D eigenvalue weighted by molar-refractivity contribution is 5.78. The van der Waals surface area contributed by atoms with Gasteiger partial charge in [0, 0.05) is 19.6 Å². The lowest BCUT2D eigenvalue weighted by Crippen LogP contribution is -2.42. The van der Waals surface area contributed by atoms with Gasteiger partial charge in [0.05, 0.1) is 11.5 Å². The fourth-order valence-electron chi connectivity index (χ4n) is 2.86. The zero-order chi connectivity index (χ0) is 16.9. The van der Waals surface area contributed by atoms with E-state index in [4.69, 9.17) is 0 Å². The van der Waals surface area contributed by atoms with Crippen molar-refractivity contribution in [3.8, 4) is 0 Å². The molecule has 1 fully saturated rings. The topological polar surface area (TPSA) is 32.3 Å².